The van der Waals surface area contributed by atoms with Crippen molar-refractivity contribution in [3.63, 3.8) is 0 Å². The minimum atomic E-state index is 0.568. The molecule has 0 aliphatic heterocycles. The summed E-state index contributed by atoms with van der Waals surface area (Å²) in [6.45, 7) is 11.7. The van der Waals surface area contributed by atoms with Gasteiger partial charge in [-0.05, 0) is 39.8 Å². The van der Waals surface area contributed by atoms with Crippen LogP contribution in [0.2, 0.25) is 5.02 Å². The standard InChI is InChI=1S/C15H22ClN3S2/c1-5-18(6-2)14(20)12-10-9-11(16)13(17-12)15(21)19(7-3)8-4/h9-10H,5-8H2,1-4H3. The number of halogens is 1. The highest BCUT2D eigenvalue weighted by Gasteiger charge is 2.17. The molecule has 0 radical (unpaired) electrons. The quantitative estimate of drug-likeness (QED) is 0.730. The molecule has 0 unspecified atom stereocenters. The van der Waals surface area contributed by atoms with Crippen molar-refractivity contribution >= 4 is 46.0 Å². The second kappa shape index (κ2) is 8.61. The molecule has 6 heteroatoms. The van der Waals surface area contributed by atoms with Crippen LogP contribution in [0.15, 0.2) is 12.1 Å². The van der Waals surface area contributed by atoms with E-state index in [-0.39, 0.29) is 0 Å². The molecule has 0 saturated carbocycles. The molecule has 0 bridgehead atoms. The van der Waals surface area contributed by atoms with E-state index >= 15 is 0 Å². The molecule has 0 N–H and O–H groups in total. The Bertz CT molecular complexity index is 512. The minimum Gasteiger partial charge on any atom is -0.362 e. The lowest BCUT2D eigenvalue weighted by atomic mass is 10.2. The maximum Gasteiger partial charge on any atom is 0.129 e. The van der Waals surface area contributed by atoms with E-state index in [1.807, 2.05) is 12.1 Å². The highest BCUT2D eigenvalue weighted by molar-refractivity contribution is 7.81. The SMILES string of the molecule is CCN(CC)C(=S)c1ccc(Cl)c(C(=S)N(CC)CC)n1. The lowest BCUT2D eigenvalue weighted by Crippen LogP contribution is -2.33. The molecular formula is C15H22ClN3S2. The first kappa shape index (κ1) is 18.3. The van der Waals surface area contributed by atoms with Crippen molar-refractivity contribution in [3.05, 3.63) is 28.5 Å². The van der Waals surface area contributed by atoms with Crippen molar-refractivity contribution in [2.24, 2.45) is 0 Å². The Labute approximate surface area is 143 Å². The third kappa shape index (κ3) is 4.34. The van der Waals surface area contributed by atoms with Crippen molar-refractivity contribution in [1.82, 2.24) is 14.8 Å². The number of hydrogen-bond donors (Lipinski definition) is 0. The molecule has 0 aromatic carbocycles. The molecule has 1 rings (SSSR count). The van der Waals surface area contributed by atoms with Crippen LogP contribution in [-0.4, -0.2) is 50.9 Å². The summed E-state index contributed by atoms with van der Waals surface area (Å²) in [6, 6.07) is 3.68. The van der Waals surface area contributed by atoms with Gasteiger partial charge in [-0.25, -0.2) is 4.98 Å². The fourth-order valence-corrected chi connectivity index (χ4v) is 3.08. The third-order valence-electron chi connectivity index (χ3n) is 3.37. The van der Waals surface area contributed by atoms with E-state index in [4.69, 9.17) is 36.0 Å². The molecule has 1 heterocycles. The molecule has 116 valence electrons. The van der Waals surface area contributed by atoms with Crippen LogP contribution in [0.25, 0.3) is 0 Å². The summed E-state index contributed by atoms with van der Waals surface area (Å²) >= 11 is 17.3. The molecule has 0 spiro atoms. The van der Waals surface area contributed by atoms with E-state index in [0.717, 1.165) is 36.9 Å². The van der Waals surface area contributed by atoms with Gasteiger partial charge in [0, 0.05) is 26.2 Å². The van der Waals surface area contributed by atoms with Gasteiger partial charge in [-0.1, -0.05) is 36.0 Å². The van der Waals surface area contributed by atoms with E-state index in [1.165, 1.54) is 0 Å². The average molecular weight is 344 g/mol. The van der Waals surface area contributed by atoms with Gasteiger partial charge in [-0.2, -0.15) is 0 Å². The van der Waals surface area contributed by atoms with Gasteiger partial charge < -0.3 is 9.80 Å². The Kier molecular flexibility index (Phi) is 7.49. The first-order valence-corrected chi connectivity index (χ1v) is 8.44. The van der Waals surface area contributed by atoms with Crippen molar-refractivity contribution in [1.29, 1.82) is 0 Å². The van der Waals surface area contributed by atoms with E-state index in [2.05, 4.69) is 42.5 Å². The number of hydrogen-bond acceptors (Lipinski definition) is 3. The van der Waals surface area contributed by atoms with Gasteiger partial charge >= 0.3 is 0 Å². The zero-order chi connectivity index (χ0) is 16.0. The number of nitrogens with zero attached hydrogens (tertiary/aromatic N) is 3. The lowest BCUT2D eigenvalue weighted by Gasteiger charge is -2.24. The molecule has 0 fully saturated rings. The summed E-state index contributed by atoms with van der Waals surface area (Å²) in [5, 5.41) is 0.568. The van der Waals surface area contributed by atoms with Crippen molar-refractivity contribution in [2.45, 2.75) is 27.7 Å². The van der Waals surface area contributed by atoms with Crippen LogP contribution >= 0.6 is 36.0 Å². The normalized spacial score (nSPS) is 10.3. The molecule has 1 aromatic heterocycles. The Morgan fingerprint density at radius 2 is 1.43 bits per heavy atom. The molecule has 0 saturated heterocycles. The Morgan fingerprint density at radius 1 is 0.952 bits per heavy atom. The molecule has 21 heavy (non-hydrogen) atoms. The summed E-state index contributed by atoms with van der Waals surface area (Å²) < 4.78 is 0. The highest BCUT2D eigenvalue weighted by atomic mass is 35.5. The Hall–Kier alpha value is -0.780. The number of aromatic nitrogens is 1. The van der Waals surface area contributed by atoms with Crippen LogP contribution in [0.4, 0.5) is 0 Å². The molecule has 1 aromatic rings. The van der Waals surface area contributed by atoms with Crippen molar-refractivity contribution in [3.8, 4) is 0 Å². The van der Waals surface area contributed by atoms with Crippen molar-refractivity contribution in [2.75, 3.05) is 26.2 Å². The van der Waals surface area contributed by atoms with E-state index in [1.54, 1.807) is 0 Å². The second-order valence-electron chi connectivity index (χ2n) is 4.48. The molecular weight excluding hydrogens is 322 g/mol. The van der Waals surface area contributed by atoms with Gasteiger partial charge in [0.15, 0.2) is 0 Å². The average Bonchev–Trinajstić information content (AvgIpc) is 2.49. The van der Waals surface area contributed by atoms with E-state index in [9.17, 15) is 0 Å². The summed E-state index contributed by atoms with van der Waals surface area (Å²) in [6.07, 6.45) is 0. The van der Waals surface area contributed by atoms with Gasteiger partial charge in [0.2, 0.25) is 0 Å². The van der Waals surface area contributed by atoms with E-state index in [0.29, 0.717) is 15.7 Å². The fraction of sp³-hybridized carbons (Fsp3) is 0.533. The van der Waals surface area contributed by atoms with Gasteiger partial charge in [-0.3, -0.25) is 0 Å². The highest BCUT2D eigenvalue weighted by Crippen LogP contribution is 2.18. The maximum absolute atomic E-state index is 6.27. The molecule has 3 nitrogen and oxygen atoms in total. The monoisotopic (exact) mass is 343 g/mol. The predicted molar refractivity (Wildman–Crippen MR) is 98.5 cm³/mol. The minimum absolute atomic E-state index is 0.568. The Morgan fingerprint density at radius 3 is 1.90 bits per heavy atom. The van der Waals surface area contributed by atoms with E-state index < -0.39 is 0 Å². The topological polar surface area (TPSA) is 19.4 Å². The molecule has 0 atom stereocenters. The molecule has 0 amide bonds. The number of pyridine rings is 1. The first-order chi connectivity index (χ1) is 9.99. The summed E-state index contributed by atoms with van der Waals surface area (Å²) in [7, 11) is 0. The van der Waals surface area contributed by atoms with Crippen LogP contribution in [0, 0.1) is 0 Å². The second-order valence-corrected chi connectivity index (χ2v) is 5.66. The fourth-order valence-electron chi connectivity index (χ4n) is 2.04. The zero-order valence-corrected chi connectivity index (χ0v) is 15.4. The van der Waals surface area contributed by atoms with Gasteiger partial charge in [0.25, 0.3) is 0 Å². The van der Waals surface area contributed by atoms with Gasteiger partial charge in [0.1, 0.15) is 15.7 Å². The molecule has 0 aliphatic carbocycles. The maximum atomic E-state index is 6.27. The summed E-state index contributed by atoms with van der Waals surface area (Å²) in [5.74, 6) is 0. The summed E-state index contributed by atoms with van der Waals surface area (Å²) in [4.78, 5) is 10.2. The van der Waals surface area contributed by atoms with Gasteiger partial charge in [0.05, 0.1) is 10.7 Å². The van der Waals surface area contributed by atoms with Gasteiger partial charge in [-0.15, -0.1) is 0 Å². The van der Waals surface area contributed by atoms with Crippen LogP contribution < -0.4 is 0 Å². The largest absolute Gasteiger partial charge is 0.362 e. The van der Waals surface area contributed by atoms with Crippen molar-refractivity contribution < 1.29 is 0 Å². The number of thiocarbonyl (C=S) groups is 2. The first-order valence-electron chi connectivity index (χ1n) is 7.25. The Balaban J connectivity index is 3.16. The third-order valence-corrected chi connectivity index (χ3v) is 4.59. The number of rotatable bonds is 6. The predicted octanol–water partition coefficient (Wildman–Crippen LogP) is 3.77. The summed E-state index contributed by atoms with van der Waals surface area (Å²) in [5.41, 5.74) is 1.39. The van der Waals surface area contributed by atoms with Crippen LogP contribution in [-0.2, 0) is 0 Å². The van der Waals surface area contributed by atoms with Crippen LogP contribution in [0.1, 0.15) is 39.1 Å². The zero-order valence-electron chi connectivity index (χ0n) is 13.0. The lowest BCUT2D eigenvalue weighted by molar-refractivity contribution is 0.471. The van der Waals surface area contributed by atoms with Crippen LogP contribution in [0.5, 0.6) is 0 Å². The molecule has 0 aliphatic rings. The van der Waals surface area contributed by atoms with Crippen LogP contribution in [0.3, 0.4) is 0 Å². The smallest absolute Gasteiger partial charge is 0.129 e.